The number of ketones is 1. The summed E-state index contributed by atoms with van der Waals surface area (Å²) >= 11 is 0. The number of aliphatic hydroxyl groups is 1. The van der Waals surface area contributed by atoms with E-state index >= 15 is 0 Å². The third-order valence-electron chi connectivity index (χ3n) is 5.68. The maximum Gasteiger partial charge on any atom is 0.251 e. The summed E-state index contributed by atoms with van der Waals surface area (Å²) < 4.78 is 41.9. The molecule has 0 spiro atoms. The number of carbonyl (C=O) groups is 1. The number of aliphatic hydroxyl groups excluding tert-OH is 1. The van der Waals surface area contributed by atoms with Gasteiger partial charge in [-0.2, -0.15) is 0 Å². The molecule has 0 amide bonds. The van der Waals surface area contributed by atoms with E-state index in [4.69, 9.17) is 5.11 Å². The van der Waals surface area contributed by atoms with Crippen LogP contribution in [0.15, 0.2) is 78.7 Å². The zero-order valence-corrected chi connectivity index (χ0v) is 22.7. The first-order valence-electron chi connectivity index (χ1n) is 11.2. The Labute approximate surface area is 226 Å². The number of nitrogens with zero attached hydrogens (tertiary/aromatic N) is 1. The molecule has 0 saturated heterocycles. The molecule has 0 unspecified atom stereocenters. The summed E-state index contributed by atoms with van der Waals surface area (Å²) in [7, 11) is 0. The van der Waals surface area contributed by atoms with Crippen molar-refractivity contribution in [3.63, 3.8) is 0 Å². The molecule has 0 atom stereocenters. The van der Waals surface area contributed by atoms with Gasteiger partial charge in [-0.3, -0.25) is 9.78 Å². The molecule has 4 aromatic carbocycles. The average molecular weight is 679 g/mol. The molecule has 0 aliphatic heterocycles. The van der Waals surface area contributed by atoms with E-state index in [2.05, 4.69) is 11.1 Å². The van der Waals surface area contributed by atoms with E-state index in [-0.39, 0.29) is 43.0 Å². The van der Waals surface area contributed by atoms with Gasteiger partial charge in [0.1, 0.15) is 5.82 Å². The molecule has 5 rings (SSSR count). The van der Waals surface area contributed by atoms with Gasteiger partial charge in [0.05, 0.1) is 5.76 Å². The Morgan fingerprint density at radius 1 is 0.946 bits per heavy atom. The first-order chi connectivity index (χ1) is 17.2. The van der Waals surface area contributed by atoms with E-state index in [1.807, 2.05) is 19.1 Å². The van der Waals surface area contributed by atoms with Crippen LogP contribution in [0.1, 0.15) is 31.4 Å². The number of hydrogen-bond donors (Lipinski definition) is 1. The molecule has 0 aliphatic carbocycles. The number of benzene rings is 4. The van der Waals surface area contributed by atoms with Gasteiger partial charge >= 0.3 is 0 Å². The molecule has 1 radical (unpaired) electrons. The molecule has 0 aliphatic rings. The van der Waals surface area contributed by atoms with Crippen molar-refractivity contribution in [1.82, 2.24) is 4.98 Å². The van der Waals surface area contributed by atoms with Gasteiger partial charge in [0.15, 0.2) is 5.78 Å². The molecule has 7 heteroatoms. The van der Waals surface area contributed by atoms with Crippen LogP contribution in [0.4, 0.5) is 13.2 Å². The smallest absolute Gasteiger partial charge is 0.251 e. The Hall–Kier alpha value is -3.54. The minimum Gasteiger partial charge on any atom is -0.512 e. The molecule has 0 saturated carbocycles. The Balaban J connectivity index is 0.000000422. The number of carbonyl (C=O) groups excluding carboxylic acids is 1. The Kier molecular flexibility index (Phi) is 8.85. The van der Waals surface area contributed by atoms with Crippen molar-refractivity contribution in [2.75, 3.05) is 0 Å². The van der Waals surface area contributed by atoms with Crippen LogP contribution in [-0.4, -0.2) is 15.9 Å². The minimum absolute atomic E-state index is 0. The summed E-state index contributed by atoms with van der Waals surface area (Å²) in [6.45, 7) is 4.69. The van der Waals surface area contributed by atoms with Gasteiger partial charge in [0.2, 0.25) is 0 Å². The second-order valence-corrected chi connectivity index (χ2v) is 8.54. The number of pyridine rings is 1. The fourth-order valence-corrected chi connectivity index (χ4v) is 4.26. The summed E-state index contributed by atoms with van der Waals surface area (Å²) in [5, 5.41) is 12.4. The first kappa shape index (κ1) is 28.0. The van der Waals surface area contributed by atoms with Crippen molar-refractivity contribution < 1.29 is 43.2 Å². The number of aromatic nitrogens is 1. The molecule has 37 heavy (non-hydrogen) atoms. The molecule has 1 aromatic heterocycles. The van der Waals surface area contributed by atoms with Crippen molar-refractivity contribution in [2.24, 2.45) is 0 Å². The Morgan fingerprint density at radius 2 is 1.65 bits per heavy atom. The maximum atomic E-state index is 14.4. The van der Waals surface area contributed by atoms with Crippen molar-refractivity contribution in [3.8, 4) is 11.3 Å². The molecule has 1 heterocycles. The van der Waals surface area contributed by atoms with Crippen molar-refractivity contribution in [1.29, 1.82) is 0 Å². The van der Waals surface area contributed by atoms with Crippen LogP contribution in [0.3, 0.4) is 0 Å². The van der Waals surface area contributed by atoms with Gasteiger partial charge in [-0.05, 0) is 60.2 Å². The van der Waals surface area contributed by atoms with Crippen LogP contribution in [0, 0.1) is 18.8 Å². The van der Waals surface area contributed by atoms with Gasteiger partial charge in [0, 0.05) is 43.5 Å². The standard InChI is InChI=1S/C25H15F3N.C5H8O2.Ir/c1-14-10-21-18-8-9-29-24(20(18)7-6-19(21)23(26)11-14)16-12-15-4-2-3-5-17(15)22(13-16)25(27)28;1-4(6)3-5(2)7;/h2-11,13,25H,1H3;3,6H,1-2H3;/q-1;;/b;4-3-;. The number of aryl methyl sites for hydroxylation is 1. The number of alkyl halides is 2. The van der Waals surface area contributed by atoms with Gasteiger partial charge in [-0.15, -0.1) is 23.6 Å². The van der Waals surface area contributed by atoms with Crippen LogP contribution in [0.5, 0.6) is 0 Å². The summed E-state index contributed by atoms with van der Waals surface area (Å²) in [6.07, 6.45) is 0.184. The number of rotatable bonds is 3. The third kappa shape index (κ3) is 6.07. The zero-order valence-electron chi connectivity index (χ0n) is 20.3. The van der Waals surface area contributed by atoms with Crippen LogP contribution < -0.4 is 0 Å². The fourth-order valence-electron chi connectivity index (χ4n) is 4.26. The van der Waals surface area contributed by atoms with Crippen LogP contribution in [0.25, 0.3) is 43.6 Å². The number of halogens is 3. The predicted molar refractivity (Wildman–Crippen MR) is 138 cm³/mol. The van der Waals surface area contributed by atoms with Crippen LogP contribution in [-0.2, 0) is 24.9 Å². The molecule has 5 aromatic rings. The largest absolute Gasteiger partial charge is 0.512 e. The van der Waals surface area contributed by atoms with Gasteiger partial charge in [-0.1, -0.05) is 47.3 Å². The third-order valence-corrected chi connectivity index (χ3v) is 5.68. The molecular weight excluding hydrogens is 656 g/mol. The average Bonchev–Trinajstić information content (AvgIpc) is 2.82. The topological polar surface area (TPSA) is 50.2 Å². The molecular formula is C30H23F3IrNO2-. The van der Waals surface area contributed by atoms with Gasteiger partial charge in [0.25, 0.3) is 6.43 Å². The van der Waals surface area contributed by atoms with Crippen molar-refractivity contribution >= 4 is 38.1 Å². The Morgan fingerprint density at radius 3 is 2.30 bits per heavy atom. The van der Waals surface area contributed by atoms with Crippen LogP contribution in [0.2, 0.25) is 0 Å². The zero-order chi connectivity index (χ0) is 26.0. The molecule has 0 fully saturated rings. The number of fused-ring (bicyclic) bond motifs is 4. The van der Waals surface area contributed by atoms with E-state index in [0.29, 0.717) is 27.4 Å². The van der Waals surface area contributed by atoms with Gasteiger partial charge in [-0.25, -0.2) is 13.2 Å². The van der Waals surface area contributed by atoms with Crippen molar-refractivity contribution in [3.05, 3.63) is 102 Å². The molecule has 0 bridgehead atoms. The molecule has 3 nitrogen and oxygen atoms in total. The normalized spacial score (nSPS) is 11.4. The predicted octanol–water partition coefficient (Wildman–Crippen LogP) is 8.43. The number of hydrogen-bond acceptors (Lipinski definition) is 3. The summed E-state index contributed by atoms with van der Waals surface area (Å²) in [5.74, 6) is -0.343. The van der Waals surface area contributed by atoms with E-state index < -0.39 is 6.43 Å². The van der Waals surface area contributed by atoms with E-state index in [0.717, 1.165) is 21.7 Å². The van der Waals surface area contributed by atoms with E-state index in [1.54, 1.807) is 42.6 Å². The van der Waals surface area contributed by atoms with Gasteiger partial charge < -0.3 is 5.11 Å². The molecule has 1 N–H and O–H groups in total. The monoisotopic (exact) mass is 679 g/mol. The first-order valence-corrected chi connectivity index (χ1v) is 11.2. The van der Waals surface area contributed by atoms with E-state index in [9.17, 15) is 18.0 Å². The molecule has 191 valence electrons. The van der Waals surface area contributed by atoms with E-state index in [1.165, 1.54) is 32.1 Å². The maximum absolute atomic E-state index is 14.4. The quantitative estimate of drug-likeness (QED) is 0.0903. The summed E-state index contributed by atoms with van der Waals surface area (Å²) in [5.41, 5.74) is 1.82. The number of allylic oxidation sites excluding steroid dienone is 2. The summed E-state index contributed by atoms with van der Waals surface area (Å²) in [6, 6.07) is 20.4. The minimum atomic E-state index is -2.61. The second-order valence-electron chi connectivity index (χ2n) is 8.54. The Bertz CT molecular complexity index is 1640. The second kappa shape index (κ2) is 11.7. The van der Waals surface area contributed by atoms with Crippen molar-refractivity contribution in [2.45, 2.75) is 27.2 Å². The fraction of sp³-hybridized carbons (Fsp3) is 0.133. The van der Waals surface area contributed by atoms with Crippen LogP contribution >= 0.6 is 0 Å². The SMILES string of the molecule is CC(=O)/C=C(/C)O.Cc1cc(F)c2ccc3c(-c4[c-]c5ccccc5c(C(F)F)c4)nccc3c2c1.[Ir]. The summed E-state index contributed by atoms with van der Waals surface area (Å²) in [4.78, 5) is 14.5.